The van der Waals surface area contributed by atoms with Crippen molar-refractivity contribution in [3.05, 3.63) is 11.6 Å². The highest BCUT2D eigenvalue weighted by Crippen LogP contribution is 2.61. The third-order valence-corrected chi connectivity index (χ3v) is 7.16. The van der Waals surface area contributed by atoms with Gasteiger partial charge in [-0.15, -0.1) is 0 Å². The molecule has 2 heterocycles. The van der Waals surface area contributed by atoms with Crippen LogP contribution >= 0.6 is 0 Å². The van der Waals surface area contributed by atoms with Crippen LogP contribution in [0.3, 0.4) is 0 Å². The van der Waals surface area contributed by atoms with Gasteiger partial charge in [-0.3, -0.25) is 4.90 Å². The Balaban J connectivity index is 2.10. The SMILES string of the molecule is CCCN1CCC2(CC1)[C@@H]1CN(CCC)CC=C1[C@@H](C#N)C(=N)C2(C#N)C#N. The Hall–Kier alpha value is -2.20. The lowest BCUT2D eigenvalue weighted by Crippen LogP contribution is -2.63. The number of likely N-dealkylation sites (tertiary alicyclic amines) is 1. The smallest absolute Gasteiger partial charge is 0.188 e. The molecule has 1 spiro atoms. The molecule has 2 aliphatic heterocycles. The zero-order chi connectivity index (χ0) is 20.4. The normalized spacial score (nSPS) is 29.2. The highest BCUT2D eigenvalue weighted by molar-refractivity contribution is 6.00. The van der Waals surface area contributed by atoms with Gasteiger partial charge in [0.05, 0.1) is 23.9 Å². The second-order valence-corrected chi connectivity index (χ2v) is 8.46. The Morgan fingerprint density at radius 2 is 1.68 bits per heavy atom. The van der Waals surface area contributed by atoms with E-state index in [0.29, 0.717) is 0 Å². The van der Waals surface area contributed by atoms with Gasteiger partial charge in [-0.25, -0.2) is 0 Å². The molecule has 0 aromatic carbocycles. The van der Waals surface area contributed by atoms with Crippen molar-refractivity contribution in [2.45, 2.75) is 39.5 Å². The van der Waals surface area contributed by atoms with Crippen LogP contribution in [0.25, 0.3) is 0 Å². The highest BCUT2D eigenvalue weighted by Gasteiger charge is 2.66. The summed E-state index contributed by atoms with van der Waals surface area (Å²) in [7, 11) is 0. The molecule has 0 amide bonds. The van der Waals surface area contributed by atoms with Gasteiger partial charge in [0, 0.05) is 24.4 Å². The summed E-state index contributed by atoms with van der Waals surface area (Å²) in [6.07, 6.45) is 5.71. The summed E-state index contributed by atoms with van der Waals surface area (Å²) in [6.45, 7) is 9.58. The van der Waals surface area contributed by atoms with E-state index in [2.05, 4.69) is 47.9 Å². The Labute approximate surface area is 168 Å². The van der Waals surface area contributed by atoms with Crippen molar-refractivity contribution < 1.29 is 0 Å². The van der Waals surface area contributed by atoms with Gasteiger partial charge in [0.25, 0.3) is 0 Å². The molecule has 3 aliphatic rings. The molecule has 0 aromatic rings. The average Bonchev–Trinajstić information content (AvgIpc) is 2.72. The molecular formula is C22H30N6. The minimum Gasteiger partial charge on any atom is -0.305 e. The van der Waals surface area contributed by atoms with Crippen LogP contribution in [0, 0.1) is 62.1 Å². The van der Waals surface area contributed by atoms with Crippen LogP contribution in [0.1, 0.15) is 39.5 Å². The molecule has 1 saturated carbocycles. The van der Waals surface area contributed by atoms with Crippen LogP contribution in [0.4, 0.5) is 0 Å². The van der Waals surface area contributed by atoms with Crippen molar-refractivity contribution in [2.24, 2.45) is 22.7 Å². The van der Waals surface area contributed by atoms with Gasteiger partial charge in [-0.1, -0.05) is 19.9 Å². The highest BCUT2D eigenvalue weighted by atomic mass is 15.1. The number of hydrogen-bond donors (Lipinski definition) is 1. The van der Waals surface area contributed by atoms with Crippen molar-refractivity contribution in [2.75, 3.05) is 39.3 Å². The number of rotatable bonds is 4. The van der Waals surface area contributed by atoms with Crippen molar-refractivity contribution in [3.8, 4) is 18.2 Å². The first kappa shape index (κ1) is 20.5. The van der Waals surface area contributed by atoms with Gasteiger partial charge in [0.2, 0.25) is 0 Å². The monoisotopic (exact) mass is 378 g/mol. The van der Waals surface area contributed by atoms with E-state index in [-0.39, 0.29) is 11.6 Å². The van der Waals surface area contributed by atoms with Crippen LogP contribution in [0.2, 0.25) is 0 Å². The standard InChI is InChI=1S/C22H30N6/c1-3-8-27-11-6-21(7-12-27)19-14-28(9-4-2)10-5-17(19)18(13-23)20(26)22(21,15-24)16-25/h5,18-19,26H,3-4,6-12,14H2,1-2H3/t18-,19-/m1/s1. The van der Waals surface area contributed by atoms with E-state index >= 15 is 0 Å². The minimum absolute atomic E-state index is 0.00498. The summed E-state index contributed by atoms with van der Waals surface area (Å²) < 4.78 is 0. The first-order valence-corrected chi connectivity index (χ1v) is 10.5. The van der Waals surface area contributed by atoms with Crippen molar-refractivity contribution in [1.82, 2.24) is 9.80 Å². The van der Waals surface area contributed by atoms with Gasteiger partial charge in [-0.05, 0) is 57.4 Å². The molecule has 3 rings (SSSR count). The third-order valence-electron chi connectivity index (χ3n) is 7.16. The van der Waals surface area contributed by atoms with E-state index in [1.54, 1.807) is 0 Å². The Kier molecular flexibility index (Phi) is 5.90. The average molecular weight is 379 g/mol. The van der Waals surface area contributed by atoms with Gasteiger partial charge in [0.1, 0.15) is 5.92 Å². The van der Waals surface area contributed by atoms with Crippen LogP contribution < -0.4 is 0 Å². The summed E-state index contributed by atoms with van der Waals surface area (Å²) in [4.78, 5) is 4.78. The fourth-order valence-electron chi connectivity index (χ4n) is 5.76. The molecule has 2 fully saturated rings. The summed E-state index contributed by atoms with van der Waals surface area (Å²) in [6, 6.07) is 6.79. The molecule has 28 heavy (non-hydrogen) atoms. The largest absolute Gasteiger partial charge is 0.305 e. The lowest BCUT2D eigenvalue weighted by molar-refractivity contribution is -0.00561. The molecule has 148 valence electrons. The van der Waals surface area contributed by atoms with E-state index in [1.807, 2.05) is 0 Å². The van der Waals surface area contributed by atoms with Crippen LogP contribution in [-0.4, -0.2) is 54.8 Å². The van der Waals surface area contributed by atoms with Crippen LogP contribution in [0.15, 0.2) is 11.6 Å². The second kappa shape index (κ2) is 8.04. The van der Waals surface area contributed by atoms with Gasteiger partial charge in [0.15, 0.2) is 5.41 Å². The topological polar surface area (TPSA) is 102 Å². The second-order valence-electron chi connectivity index (χ2n) is 8.46. The molecule has 0 unspecified atom stereocenters. The molecule has 1 aliphatic carbocycles. The predicted molar refractivity (Wildman–Crippen MR) is 107 cm³/mol. The van der Waals surface area contributed by atoms with E-state index < -0.39 is 16.7 Å². The first-order chi connectivity index (χ1) is 13.5. The zero-order valence-electron chi connectivity index (χ0n) is 17.0. The number of nitriles is 3. The lowest BCUT2D eigenvalue weighted by Gasteiger charge is -2.58. The van der Waals surface area contributed by atoms with E-state index in [9.17, 15) is 15.8 Å². The van der Waals surface area contributed by atoms with Gasteiger partial charge >= 0.3 is 0 Å². The molecular weight excluding hydrogens is 348 g/mol. The molecule has 6 nitrogen and oxygen atoms in total. The van der Waals surface area contributed by atoms with E-state index in [1.165, 1.54) is 0 Å². The van der Waals surface area contributed by atoms with Gasteiger partial charge in [-0.2, -0.15) is 15.8 Å². The number of hydrogen-bond acceptors (Lipinski definition) is 6. The summed E-state index contributed by atoms with van der Waals surface area (Å²) >= 11 is 0. The molecule has 2 atom stereocenters. The maximum Gasteiger partial charge on any atom is 0.188 e. The van der Waals surface area contributed by atoms with Gasteiger partial charge < -0.3 is 10.3 Å². The quantitative estimate of drug-likeness (QED) is 0.758. The number of nitrogens with zero attached hydrogens (tertiary/aromatic N) is 5. The minimum atomic E-state index is -1.51. The van der Waals surface area contributed by atoms with Crippen molar-refractivity contribution >= 4 is 5.71 Å². The van der Waals surface area contributed by atoms with Crippen molar-refractivity contribution in [3.63, 3.8) is 0 Å². The summed E-state index contributed by atoms with van der Waals surface area (Å²) in [5.74, 6) is -0.748. The van der Waals surface area contributed by atoms with E-state index in [0.717, 1.165) is 70.5 Å². The predicted octanol–water partition coefficient (Wildman–Crippen LogP) is 2.95. The maximum absolute atomic E-state index is 10.2. The van der Waals surface area contributed by atoms with Crippen LogP contribution in [0.5, 0.6) is 0 Å². The van der Waals surface area contributed by atoms with Crippen LogP contribution in [-0.2, 0) is 0 Å². The molecule has 0 radical (unpaired) electrons. The molecule has 6 heteroatoms. The van der Waals surface area contributed by atoms with Crippen molar-refractivity contribution in [1.29, 1.82) is 21.2 Å². The number of piperidine rings is 1. The molecule has 0 aromatic heterocycles. The summed E-state index contributed by atoms with van der Waals surface area (Å²) in [5, 5.41) is 39.0. The molecule has 1 N–H and O–H groups in total. The Morgan fingerprint density at radius 1 is 1.07 bits per heavy atom. The summed E-state index contributed by atoms with van der Waals surface area (Å²) in [5.41, 5.74) is -1.09. The zero-order valence-corrected chi connectivity index (χ0v) is 17.0. The van der Waals surface area contributed by atoms with E-state index in [4.69, 9.17) is 5.41 Å². The fourth-order valence-corrected chi connectivity index (χ4v) is 5.76. The molecule has 1 saturated heterocycles. The number of fused-ring (bicyclic) bond motifs is 2. The molecule has 0 bridgehead atoms. The Bertz CT molecular complexity index is 754. The lowest BCUT2D eigenvalue weighted by atomic mass is 9.44. The fraction of sp³-hybridized carbons (Fsp3) is 0.727. The Morgan fingerprint density at radius 3 is 2.21 bits per heavy atom. The first-order valence-electron chi connectivity index (χ1n) is 10.5. The maximum atomic E-state index is 10.2. The third kappa shape index (κ3) is 2.86. The number of nitrogens with one attached hydrogen (secondary N) is 1.